The van der Waals surface area contributed by atoms with Gasteiger partial charge in [0, 0.05) is 19.1 Å². The topological polar surface area (TPSA) is 50.4 Å². The van der Waals surface area contributed by atoms with Crippen LogP contribution in [0.25, 0.3) is 0 Å². The molecule has 0 heterocycles. The molecule has 0 radical (unpaired) electrons. The van der Waals surface area contributed by atoms with Crippen molar-refractivity contribution in [3.63, 3.8) is 0 Å². The van der Waals surface area contributed by atoms with Crippen molar-refractivity contribution < 1.29 is 9.53 Å². The van der Waals surface area contributed by atoms with Gasteiger partial charge in [-0.15, -0.1) is 0 Å². The van der Waals surface area contributed by atoms with E-state index >= 15 is 0 Å². The van der Waals surface area contributed by atoms with Crippen LogP contribution in [-0.4, -0.2) is 31.1 Å². The molecule has 1 aromatic carbocycles. The van der Waals surface area contributed by atoms with Gasteiger partial charge in [0.1, 0.15) is 5.75 Å². The summed E-state index contributed by atoms with van der Waals surface area (Å²) in [5, 5.41) is 6.48. The van der Waals surface area contributed by atoms with Crippen molar-refractivity contribution in [2.75, 3.05) is 13.1 Å². The number of ether oxygens (including phenoxy) is 1. The van der Waals surface area contributed by atoms with E-state index in [0.717, 1.165) is 12.3 Å². The second kappa shape index (κ2) is 9.46. The largest absolute Gasteiger partial charge is 0.481 e. The lowest BCUT2D eigenvalue weighted by Crippen LogP contribution is -2.41. The summed E-state index contributed by atoms with van der Waals surface area (Å²) >= 11 is 0. The van der Waals surface area contributed by atoms with Gasteiger partial charge in [0.2, 0.25) is 0 Å². The molecule has 1 atom stereocenters. The van der Waals surface area contributed by atoms with Crippen LogP contribution in [-0.2, 0) is 4.79 Å². The second-order valence-corrected chi connectivity index (χ2v) is 6.01. The zero-order chi connectivity index (χ0) is 15.6. The zero-order valence-corrected chi connectivity index (χ0v) is 13.5. The Hall–Kier alpha value is -1.55. The van der Waals surface area contributed by atoms with Crippen molar-refractivity contribution >= 4 is 5.91 Å². The fraction of sp³-hybridized carbons (Fsp3) is 0.611. The minimum absolute atomic E-state index is 0.0634. The van der Waals surface area contributed by atoms with E-state index in [1.165, 1.54) is 38.5 Å². The molecule has 122 valence electrons. The lowest BCUT2D eigenvalue weighted by atomic mass is 10.1. The summed E-state index contributed by atoms with van der Waals surface area (Å²) in [6.07, 6.45) is 7.44. The molecule has 2 rings (SSSR count). The fourth-order valence-corrected chi connectivity index (χ4v) is 2.85. The van der Waals surface area contributed by atoms with Gasteiger partial charge >= 0.3 is 0 Å². The second-order valence-electron chi connectivity index (χ2n) is 6.01. The molecular weight excluding hydrogens is 276 g/mol. The molecule has 1 aliphatic rings. The predicted molar refractivity (Wildman–Crippen MR) is 89.0 cm³/mol. The third kappa shape index (κ3) is 6.06. The molecule has 4 nitrogen and oxygen atoms in total. The summed E-state index contributed by atoms with van der Waals surface area (Å²) in [5.41, 5.74) is 0. The van der Waals surface area contributed by atoms with Crippen molar-refractivity contribution in [1.82, 2.24) is 10.6 Å². The van der Waals surface area contributed by atoms with Crippen LogP contribution in [0.4, 0.5) is 0 Å². The highest BCUT2D eigenvalue weighted by atomic mass is 16.5. The Morgan fingerprint density at radius 2 is 1.82 bits per heavy atom. The van der Waals surface area contributed by atoms with Gasteiger partial charge in [0.05, 0.1) is 0 Å². The van der Waals surface area contributed by atoms with Crippen molar-refractivity contribution in [3.05, 3.63) is 30.3 Å². The Morgan fingerprint density at radius 3 is 2.50 bits per heavy atom. The third-order valence-corrected chi connectivity index (χ3v) is 4.14. The Balaban J connectivity index is 1.60. The van der Waals surface area contributed by atoms with Crippen LogP contribution in [0, 0.1) is 0 Å². The summed E-state index contributed by atoms with van der Waals surface area (Å²) in [5.74, 6) is 0.660. The number of carbonyl (C=O) groups is 1. The first-order valence-corrected chi connectivity index (χ1v) is 8.48. The minimum Gasteiger partial charge on any atom is -0.481 e. The summed E-state index contributed by atoms with van der Waals surface area (Å²) in [6.45, 7) is 3.26. The number of hydrogen-bond donors (Lipinski definition) is 2. The molecule has 0 spiro atoms. The lowest BCUT2D eigenvalue weighted by molar-refractivity contribution is -0.127. The van der Waals surface area contributed by atoms with E-state index in [-0.39, 0.29) is 5.91 Å². The fourth-order valence-electron chi connectivity index (χ4n) is 2.85. The molecule has 1 aromatic rings. The van der Waals surface area contributed by atoms with Crippen LogP contribution in [0.15, 0.2) is 30.3 Å². The van der Waals surface area contributed by atoms with Gasteiger partial charge < -0.3 is 15.4 Å². The Kier molecular flexibility index (Phi) is 7.23. The van der Waals surface area contributed by atoms with Gasteiger partial charge in [-0.25, -0.2) is 0 Å². The van der Waals surface area contributed by atoms with Crippen LogP contribution in [0.5, 0.6) is 5.75 Å². The Labute approximate surface area is 133 Å². The van der Waals surface area contributed by atoms with Gasteiger partial charge in [0.25, 0.3) is 5.91 Å². The van der Waals surface area contributed by atoms with Gasteiger partial charge in [-0.05, 0) is 31.9 Å². The average Bonchev–Trinajstić information content (AvgIpc) is 2.81. The quantitative estimate of drug-likeness (QED) is 0.601. The highest BCUT2D eigenvalue weighted by molar-refractivity contribution is 5.80. The monoisotopic (exact) mass is 304 g/mol. The first-order valence-electron chi connectivity index (χ1n) is 8.48. The maximum Gasteiger partial charge on any atom is 0.260 e. The molecule has 1 saturated carbocycles. The smallest absolute Gasteiger partial charge is 0.260 e. The van der Waals surface area contributed by atoms with Crippen LogP contribution in [0.1, 0.15) is 45.4 Å². The molecule has 1 unspecified atom stereocenters. The molecule has 0 saturated heterocycles. The molecule has 1 fully saturated rings. The van der Waals surface area contributed by atoms with E-state index in [0.29, 0.717) is 12.6 Å². The lowest BCUT2D eigenvalue weighted by Gasteiger charge is -2.18. The molecule has 2 N–H and O–H groups in total. The van der Waals surface area contributed by atoms with E-state index in [2.05, 4.69) is 10.6 Å². The van der Waals surface area contributed by atoms with Gasteiger partial charge in [-0.2, -0.15) is 0 Å². The van der Waals surface area contributed by atoms with E-state index in [1.807, 2.05) is 30.3 Å². The SMILES string of the molecule is CC(Oc1ccccc1)C(=O)NCCNC1CCCCCC1. The first-order chi connectivity index (χ1) is 10.8. The summed E-state index contributed by atoms with van der Waals surface area (Å²) in [4.78, 5) is 12.0. The first kappa shape index (κ1) is 16.8. The molecule has 0 aliphatic heterocycles. The van der Waals surface area contributed by atoms with Gasteiger partial charge in [0.15, 0.2) is 6.10 Å². The van der Waals surface area contributed by atoms with Crippen molar-refractivity contribution in [1.29, 1.82) is 0 Å². The van der Waals surface area contributed by atoms with Crippen LogP contribution in [0.3, 0.4) is 0 Å². The third-order valence-electron chi connectivity index (χ3n) is 4.14. The average molecular weight is 304 g/mol. The predicted octanol–water partition coefficient (Wildman–Crippen LogP) is 2.88. The highest BCUT2D eigenvalue weighted by Crippen LogP contribution is 2.16. The number of para-hydroxylation sites is 1. The minimum atomic E-state index is -0.472. The molecule has 0 aromatic heterocycles. The maximum atomic E-state index is 12.0. The van der Waals surface area contributed by atoms with Gasteiger partial charge in [-0.3, -0.25) is 4.79 Å². The standard InChI is InChI=1S/C18H28N2O2/c1-15(22-17-11-7-4-8-12-17)18(21)20-14-13-19-16-9-5-2-3-6-10-16/h4,7-8,11-12,15-16,19H,2-3,5-6,9-10,13-14H2,1H3,(H,20,21). The molecular formula is C18H28N2O2. The van der Waals surface area contributed by atoms with E-state index in [1.54, 1.807) is 6.92 Å². The highest BCUT2D eigenvalue weighted by Gasteiger charge is 2.14. The van der Waals surface area contributed by atoms with E-state index in [4.69, 9.17) is 4.74 Å². The number of rotatable bonds is 7. The maximum absolute atomic E-state index is 12.0. The van der Waals surface area contributed by atoms with E-state index in [9.17, 15) is 4.79 Å². The van der Waals surface area contributed by atoms with Crippen LogP contribution < -0.4 is 15.4 Å². The number of carbonyl (C=O) groups excluding carboxylic acids is 1. The number of benzene rings is 1. The van der Waals surface area contributed by atoms with Crippen molar-refractivity contribution in [3.8, 4) is 5.75 Å². The van der Waals surface area contributed by atoms with Gasteiger partial charge in [-0.1, -0.05) is 43.9 Å². The summed E-state index contributed by atoms with van der Waals surface area (Å²) in [6, 6.07) is 10.1. The van der Waals surface area contributed by atoms with Crippen LogP contribution >= 0.6 is 0 Å². The summed E-state index contributed by atoms with van der Waals surface area (Å²) in [7, 11) is 0. The number of hydrogen-bond acceptors (Lipinski definition) is 3. The zero-order valence-electron chi connectivity index (χ0n) is 13.5. The molecule has 1 aliphatic carbocycles. The Bertz CT molecular complexity index is 428. The van der Waals surface area contributed by atoms with Crippen molar-refractivity contribution in [2.45, 2.75) is 57.6 Å². The molecule has 4 heteroatoms. The number of amides is 1. The van der Waals surface area contributed by atoms with E-state index < -0.39 is 6.10 Å². The van der Waals surface area contributed by atoms with Crippen molar-refractivity contribution in [2.24, 2.45) is 0 Å². The molecule has 22 heavy (non-hydrogen) atoms. The normalized spacial score (nSPS) is 17.5. The summed E-state index contributed by atoms with van der Waals surface area (Å²) < 4.78 is 5.61. The van der Waals surface area contributed by atoms with Crippen LogP contribution in [0.2, 0.25) is 0 Å². The number of nitrogens with one attached hydrogen (secondary N) is 2. The molecule has 1 amide bonds. The molecule has 0 bridgehead atoms. The Morgan fingerprint density at radius 1 is 1.14 bits per heavy atom.